The fourth-order valence-electron chi connectivity index (χ4n) is 2.66. The van der Waals surface area contributed by atoms with Gasteiger partial charge in [-0.25, -0.2) is 0 Å². The van der Waals surface area contributed by atoms with Crippen LogP contribution in [-0.4, -0.2) is 25.5 Å². The fourth-order valence-corrected chi connectivity index (χ4v) is 2.66. The monoisotopic (exact) mass is 310 g/mol. The Morgan fingerprint density at radius 2 is 1.83 bits per heavy atom. The van der Waals surface area contributed by atoms with E-state index >= 15 is 0 Å². The minimum atomic E-state index is -0.343. The highest BCUT2D eigenvalue weighted by molar-refractivity contribution is 6.03. The van der Waals surface area contributed by atoms with E-state index in [4.69, 9.17) is 4.74 Å². The van der Waals surface area contributed by atoms with Crippen LogP contribution in [0.1, 0.15) is 6.42 Å². The summed E-state index contributed by atoms with van der Waals surface area (Å²) >= 11 is 0. The molecule has 0 spiro atoms. The molecule has 2 amide bonds. The summed E-state index contributed by atoms with van der Waals surface area (Å²) in [7, 11) is 1.59. The van der Waals surface area contributed by atoms with E-state index in [-0.39, 0.29) is 24.2 Å². The first-order valence-electron chi connectivity index (χ1n) is 7.47. The quantitative estimate of drug-likeness (QED) is 0.944. The Balaban J connectivity index is 1.65. The van der Waals surface area contributed by atoms with Crippen LogP contribution in [0.3, 0.4) is 0 Å². The second-order valence-electron chi connectivity index (χ2n) is 5.46. The summed E-state index contributed by atoms with van der Waals surface area (Å²) in [6.45, 7) is 0.408. The van der Waals surface area contributed by atoms with Crippen molar-refractivity contribution in [3.05, 3.63) is 54.6 Å². The molecule has 0 bridgehead atoms. The van der Waals surface area contributed by atoms with Crippen molar-refractivity contribution in [1.82, 2.24) is 0 Å². The Morgan fingerprint density at radius 3 is 2.48 bits per heavy atom. The number of hydrogen-bond donors (Lipinski definition) is 1. The lowest BCUT2D eigenvalue weighted by molar-refractivity contribution is -0.122. The molecule has 1 heterocycles. The highest BCUT2D eigenvalue weighted by atomic mass is 16.5. The maximum absolute atomic E-state index is 12.4. The molecular formula is C18H18N2O3. The van der Waals surface area contributed by atoms with Gasteiger partial charge in [0.2, 0.25) is 11.8 Å². The second kappa shape index (κ2) is 6.52. The van der Waals surface area contributed by atoms with Crippen molar-refractivity contribution in [2.75, 3.05) is 23.9 Å². The lowest BCUT2D eigenvalue weighted by atomic mass is 10.1. The Morgan fingerprint density at radius 1 is 1.13 bits per heavy atom. The molecule has 0 aliphatic carbocycles. The van der Waals surface area contributed by atoms with Crippen molar-refractivity contribution in [2.24, 2.45) is 5.92 Å². The van der Waals surface area contributed by atoms with Crippen LogP contribution in [0.2, 0.25) is 0 Å². The van der Waals surface area contributed by atoms with Crippen LogP contribution in [-0.2, 0) is 9.59 Å². The molecule has 5 nitrogen and oxygen atoms in total. The average Bonchev–Trinajstić information content (AvgIpc) is 2.98. The van der Waals surface area contributed by atoms with Crippen molar-refractivity contribution < 1.29 is 14.3 Å². The summed E-state index contributed by atoms with van der Waals surface area (Å²) < 4.78 is 5.09. The van der Waals surface area contributed by atoms with Crippen molar-refractivity contribution in [3.8, 4) is 5.75 Å². The van der Waals surface area contributed by atoms with E-state index in [9.17, 15) is 9.59 Å². The molecular weight excluding hydrogens is 292 g/mol. The standard InChI is InChI=1S/C18H18N2O3/c1-23-16-9-7-14(8-10-16)19-18(22)13-11-17(21)20(12-13)15-5-3-2-4-6-15/h2-10,13H,11-12H2,1H3,(H,19,22)/t13-/m0/s1. The highest BCUT2D eigenvalue weighted by Crippen LogP contribution is 2.26. The highest BCUT2D eigenvalue weighted by Gasteiger charge is 2.35. The minimum absolute atomic E-state index is 0.0221. The molecule has 0 aromatic heterocycles. The van der Waals surface area contributed by atoms with Crippen LogP contribution < -0.4 is 15.0 Å². The number of nitrogens with one attached hydrogen (secondary N) is 1. The van der Waals surface area contributed by atoms with Gasteiger partial charge in [0.25, 0.3) is 0 Å². The first-order valence-corrected chi connectivity index (χ1v) is 7.47. The number of nitrogens with zero attached hydrogens (tertiary/aromatic N) is 1. The lowest BCUT2D eigenvalue weighted by Gasteiger charge is -2.16. The van der Waals surface area contributed by atoms with Gasteiger partial charge in [-0.3, -0.25) is 9.59 Å². The molecule has 2 aromatic carbocycles. The number of carbonyl (C=O) groups is 2. The number of ether oxygens (including phenoxy) is 1. The first-order chi connectivity index (χ1) is 11.2. The molecule has 1 N–H and O–H groups in total. The molecule has 0 radical (unpaired) electrons. The van der Waals surface area contributed by atoms with Crippen LogP contribution in [0.5, 0.6) is 5.75 Å². The number of methoxy groups -OCH3 is 1. The maximum atomic E-state index is 12.4. The van der Waals surface area contributed by atoms with Crippen LogP contribution >= 0.6 is 0 Å². The summed E-state index contributed by atoms with van der Waals surface area (Å²) in [4.78, 5) is 26.2. The van der Waals surface area contributed by atoms with Gasteiger partial charge < -0.3 is 15.0 Å². The van der Waals surface area contributed by atoms with Crippen molar-refractivity contribution in [1.29, 1.82) is 0 Å². The van der Waals surface area contributed by atoms with E-state index in [0.717, 1.165) is 11.4 Å². The number of amides is 2. The van der Waals surface area contributed by atoms with E-state index in [1.54, 1.807) is 36.3 Å². The molecule has 1 aliphatic heterocycles. The normalized spacial score (nSPS) is 17.2. The van der Waals surface area contributed by atoms with Gasteiger partial charge in [0.15, 0.2) is 0 Å². The van der Waals surface area contributed by atoms with Crippen molar-refractivity contribution >= 4 is 23.2 Å². The van der Waals surface area contributed by atoms with E-state index in [1.165, 1.54) is 0 Å². The van der Waals surface area contributed by atoms with E-state index in [2.05, 4.69) is 5.32 Å². The number of hydrogen-bond acceptors (Lipinski definition) is 3. The number of para-hydroxylation sites is 1. The largest absolute Gasteiger partial charge is 0.497 e. The third-order valence-corrected chi connectivity index (χ3v) is 3.92. The smallest absolute Gasteiger partial charge is 0.229 e. The van der Waals surface area contributed by atoms with E-state index in [1.807, 2.05) is 30.3 Å². The fraction of sp³-hybridized carbons (Fsp3) is 0.222. The van der Waals surface area contributed by atoms with Gasteiger partial charge in [-0.05, 0) is 36.4 Å². The van der Waals surface area contributed by atoms with Gasteiger partial charge in [0.05, 0.1) is 13.0 Å². The molecule has 118 valence electrons. The molecule has 0 unspecified atom stereocenters. The summed E-state index contributed by atoms with van der Waals surface area (Å²) in [6.07, 6.45) is 0.233. The molecule has 23 heavy (non-hydrogen) atoms. The van der Waals surface area contributed by atoms with Gasteiger partial charge in [-0.2, -0.15) is 0 Å². The number of carbonyl (C=O) groups excluding carboxylic acids is 2. The van der Waals surface area contributed by atoms with Gasteiger partial charge >= 0.3 is 0 Å². The third-order valence-electron chi connectivity index (χ3n) is 3.92. The van der Waals surface area contributed by atoms with Gasteiger partial charge in [0.1, 0.15) is 5.75 Å². The summed E-state index contributed by atoms with van der Waals surface area (Å²) in [5.74, 6) is 0.229. The van der Waals surface area contributed by atoms with Gasteiger partial charge in [0, 0.05) is 24.3 Å². The Hall–Kier alpha value is -2.82. The third kappa shape index (κ3) is 3.34. The van der Waals surface area contributed by atoms with E-state index in [0.29, 0.717) is 12.2 Å². The topological polar surface area (TPSA) is 58.6 Å². The summed E-state index contributed by atoms with van der Waals surface area (Å²) in [5.41, 5.74) is 1.53. The minimum Gasteiger partial charge on any atom is -0.497 e. The number of rotatable bonds is 4. The van der Waals surface area contributed by atoms with Crippen LogP contribution in [0, 0.1) is 5.92 Å². The Bertz CT molecular complexity index is 698. The summed E-state index contributed by atoms with van der Waals surface area (Å²) in [5, 5.41) is 2.85. The molecule has 2 aromatic rings. The van der Waals surface area contributed by atoms with Crippen molar-refractivity contribution in [3.63, 3.8) is 0 Å². The van der Waals surface area contributed by atoms with Crippen LogP contribution in [0.25, 0.3) is 0 Å². The predicted molar refractivity (Wildman–Crippen MR) is 88.5 cm³/mol. The molecule has 1 atom stereocenters. The zero-order valence-corrected chi connectivity index (χ0v) is 12.9. The summed E-state index contributed by atoms with van der Waals surface area (Å²) in [6, 6.07) is 16.5. The van der Waals surface area contributed by atoms with Crippen molar-refractivity contribution in [2.45, 2.75) is 6.42 Å². The first kappa shape index (κ1) is 15.1. The molecule has 0 saturated carbocycles. The number of anilines is 2. The van der Waals surface area contributed by atoms with Crippen LogP contribution in [0.15, 0.2) is 54.6 Å². The predicted octanol–water partition coefficient (Wildman–Crippen LogP) is 2.69. The zero-order valence-electron chi connectivity index (χ0n) is 12.9. The molecule has 5 heteroatoms. The maximum Gasteiger partial charge on any atom is 0.229 e. The Labute approximate surface area is 134 Å². The second-order valence-corrected chi connectivity index (χ2v) is 5.46. The molecule has 1 saturated heterocycles. The SMILES string of the molecule is COc1ccc(NC(=O)[C@H]2CC(=O)N(c3ccccc3)C2)cc1. The number of benzene rings is 2. The Kier molecular flexibility index (Phi) is 4.28. The molecule has 1 fully saturated rings. The van der Waals surface area contributed by atoms with E-state index < -0.39 is 0 Å². The molecule has 1 aliphatic rings. The molecule has 3 rings (SSSR count). The van der Waals surface area contributed by atoms with Gasteiger partial charge in [-0.1, -0.05) is 18.2 Å². The lowest BCUT2D eigenvalue weighted by Crippen LogP contribution is -2.28. The average molecular weight is 310 g/mol. The zero-order chi connectivity index (χ0) is 16.2. The van der Waals surface area contributed by atoms with Gasteiger partial charge in [-0.15, -0.1) is 0 Å². The van der Waals surface area contributed by atoms with Crippen LogP contribution in [0.4, 0.5) is 11.4 Å².